The molecule has 6 nitrogen and oxygen atoms in total. The highest BCUT2D eigenvalue weighted by molar-refractivity contribution is 7.91. The summed E-state index contributed by atoms with van der Waals surface area (Å²) in [6.07, 6.45) is 0.749. The van der Waals surface area contributed by atoms with Gasteiger partial charge in [-0.1, -0.05) is 12.1 Å². The van der Waals surface area contributed by atoms with Crippen molar-refractivity contribution in [2.75, 3.05) is 25.9 Å². The van der Waals surface area contributed by atoms with E-state index in [-0.39, 0.29) is 17.2 Å². The number of hydrogen-bond donors (Lipinski definition) is 2. The lowest BCUT2D eigenvalue weighted by molar-refractivity contribution is 0.566. The third-order valence-electron chi connectivity index (χ3n) is 3.40. The van der Waals surface area contributed by atoms with Crippen molar-refractivity contribution in [3.8, 4) is 0 Å². The summed E-state index contributed by atoms with van der Waals surface area (Å²) in [7, 11) is -2.08. The van der Waals surface area contributed by atoms with Crippen molar-refractivity contribution < 1.29 is 12.8 Å². The number of nitrogens with one attached hydrogen (secondary N) is 2. The Kier molecular flexibility index (Phi) is 6.89. The molecule has 9 heteroatoms. The third-order valence-corrected chi connectivity index (χ3v) is 5.96. The van der Waals surface area contributed by atoms with Crippen LogP contribution in [0.4, 0.5) is 4.39 Å². The van der Waals surface area contributed by atoms with E-state index in [1.165, 1.54) is 18.2 Å². The molecule has 0 aliphatic rings. The average molecular weight is 385 g/mol. The molecule has 0 aliphatic heterocycles. The van der Waals surface area contributed by atoms with E-state index in [1.54, 1.807) is 18.4 Å². The van der Waals surface area contributed by atoms with E-state index in [0.29, 0.717) is 12.5 Å². The van der Waals surface area contributed by atoms with Gasteiger partial charge in [0, 0.05) is 31.9 Å². The molecule has 136 valence electrons. The first kappa shape index (κ1) is 19.3. The largest absolute Gasteiger partial charge is 0.356 e. The third kappa shape index (κ3) is 5.79. The van der Waals surface area contributed by atoms with Gasteiger partial charge in [-0.3, -0.25) is 4.99 Å². The number of aromatic nitrogens is 1. The van der Waals surface area contributed by atoms with Crippen molar-refractivity contribution in [3.63, 3.8) is 0 Å². The van der Waals surface area contributed by atoms with Gasteiger partial charge < -0.3 is 10.6 Å². The highest BCUT2D eigenvalue weighted by Crippen LogP contribution is 2.14. The molecule has 2 rings (SSSR count). The van der Waals surface area contributed by atoms with Crippen LogP contribution in [0.5, 0.6) is 0 Å². The molecule has 0 bridgehead atoms. The van der Waals surface area contributed by atoms with Crippen molar-refractivity contribution in [1.82, 2.24) is 15.6 Å². The maximum absolute atomic E-state index is 13.6. The summed E-state index contributed by atoms with van der Waals surface area (Å²) in [5, 5.41) is 9.06. The zero-order chi connectivity index (χ0) is 18.3. The maximum Gasteiger partial charge on any atom is 0.191 e. The fourth-order valence-corrected chi connectivity index (χ4v) is 4.05. The number of benzene rings is 1. The number of sulfone groups is 1. The van der Waals surface area contributed by atoms with E-state index in [0.717, 1.165) is 23.2 Å². The Balaban J connectivity index is 1.80. The molecule has 1 heterocycles. The van der Waals surface area contributed by atoms with Crippen molar-refractivity contribution in [2.45, 2.75) is 18.2 Å². The molecular formula is C16H21FN4O2S2. The number of rotatable bonds is 7. The van der Waals surface area contributed by atoms with Gasteiger partial charge in [0.25, 0.3) is 0 Å². The zero-order valence-electron chi connectivity index (χ0n) is 14.1. The van der Waals surface area contributed by atoms with Crippen LogP contribution in [0.15, 0.2) is 39.5 Å². The fraction of sp³-hybridized carbons (Fsp3) is 0.375. The normalized spacial score (nSPS) is 12.2. The van der Waals surface area contributed by atoms with E-state index in [9.17, 15) is 12.8 Å². The van der Waals surface area contributed by atoms with Gasteiger partial charge in [-0.15, -0.1) is 11.3 Å². The van der Waals surface area contributed by atoms with Crippen LogP contribution in [0.1, 0.15) is 10.7 Å². The number of halogens is 1. The van der Waals surface area contributed by atoms with Crippen LogP contribution in [-0.4, -0.2) is 45.3 Å². The minimum atomic E-state index is -3.68. The van der Waals surface area contributed by atoms with Crippen LogP contribution in [0.25, 0.3) is 0 Å². The predicted octanol–water partition coefficient (Wildman–Crippen LogP) is 1.77. The lowest BCUT2D eigenvalue weighted by Gasteiger charge is -2.12. The van der Waals surface area contributed by atoms with Crippen LogP contribution < -0.4 is 10.6 Å². The van der Waals surface area contributed by atoms with Gasteiger partial charge >= 0.3 is 0 Å². The Bertz CT molecular complexity index is 834. The summed E-state index contributed by atoms with van der Waals surface area (Å²) in [5.41, 5.74) is 1.01. The number of guanidine groups is 1. The smallest absolute Gasteiger partial charge is 0.191 e. The number of nitrogens with zero attached hydrogens (tertiary/aromatic N) is 2. The molecule has 1 aromatic carbocycles. The summed E-state index contributed by atoms with van der Waals surface area (Å²) in [6, 6.07) is 5.38. The molecule has 0 unspecified atom stereocenters. The SMILES string of the molecule is CN=C(NCCc1csc(C)n1)NCCS(=O)(=O)c1ccccc1F. The molecule has 0 spiro atoms. The summed E-state index contributed by atoms with van der Waals surface area (Å²) in [4.78, 5) is 8.14. The monoisotopic (exact) mass is 384 g/mol. The Hall–Kier alpha value is -2.00. The highest BCUT2D eigenvalue weighted by atomic mass is 32.2. The van der Waals surface area contributed by atoms with Crippen molar-refractivity contribution in [3.05, 3.63) is 46.2 Å². The van der Waals surface area contributed by atoms with Crippen molar-refractivity contribution in [2.24, 2.45) is 4.99 Å². The molecule has 25 heavy (non-hydrogen) atoms. The molecule has 0 amide bonds. The summed E-state index contributed by atoms with van der Waals surface area (Å²) in [5.74, 6) is -0.459. The molecule has 0 atom stereocenters. The minimum absolute atomic E-state index is 0.131. The van der Waals surface area contributed by atoms with E-state index in [2.05, 4.69) is 20.6 Å². The first-order chi connectivity index (χ1) is 11.9. The second kappa shape index (κ2) is 8.91. The van der Waals surface area contributed by atoms with Gasteiger partial charge in [0.05, 0.1) is 16.5 Å². The number of aryl methyl sites for hydroxylation is 1. The molecule has 0 radical (unpaired) electrons. The van der Waals surface area contributed by atoms with Gasteiger partial charge in [-0.25, -0.2) is 17.8 Å². The predicted molar refractivity (Wildman–Crippen MR) is 98.4 cm³/mol. The topological polar surface area (TPSA) is 83.4 Å². The lowest BCUT2D eigenvalue weighted by Crippen LogP contribution is -2.40. The van der Waals surface area contributed by atoms with Crippen molar-refractivity contribution >= 4 is 27.1 Å². The van der Waals surface area contributed by atoms with Crippen LogP contribution in [0.3, 0.4) is 0 Å². The van der Waals surface area contributed by atoms with Crippen LogP contribution in [0, 0.1) is 12.7 Å². The zero-order valence-corrected chi connectivity index (χ0v) is 15.8. The molecule has 0 fully saturated rings. The Labute approximate surface area is 151 Å². The number of aliphatic imine (C=N–C) groups is 1. The van der Waals surface area contributed by atoms with E-state index in [1.807, 2.05) is 12.3 Å². The molecule has 2 N–H and O–H groups in total. The van der Waals surface area contributed by atoms with Crippen LogP contribution in [0.2, 0.25) is 0 Å². The van der Waals surface area contributed by atoms with Gasteiger partial charge in [0.2, 0.25) is 0 Å². The summed E-state index contributed by atoms with van der Waals surface area (Å²) < 4.78 is 38.0. The molecule has 0 aliphatic carbocycles. The second-order valence-electron chi connectivity index (χ2n) is 5.28. The standard InChI is InChI=1S/C16H21FN4O2S2/c1-12-21-13(11-24-12)7-8-19-16(18-2)20-9-10-25(22,23)15-6-4-3-5-14(15)17/h3-6,11H,7-10H2,1-2H3,(H2,18,19,20). The van der Waals surface area contributed by atoms with E-state index >= 15 is 0 Å². The molecule has 0 saturated heterocycles. The molecular weight excluding hydrogens is 363 g/mol. The van der Waals surface area contributed by atoms with Gasteiger partial charge in [0.1, 0.15) is 10.7 Å². The van der Waals surface area contributed by atoms with E-state index < -0.39 is 15.7 Å². The van der Waals surface area contributed by atoms with Gasteiger partial charge in [-0.2, -0.15) is 0 Å². The van der Waals surface area contributed by atoms with E-state index in [4.69, 9.17) is 0 Å². The van der Waals surface area contributed by atoms with Crippen molar-refractivity contribution in [1.29, 1.82) is 0 Å². The van der Waals surface area contributed by atoms with Crippen LogP contribution >= 0.6 is 11.3 Å². The lowest BCUT2D eigenvalue weighted by atomic mass is 10.3. The maximum atomic E-state index is 13.6. The van der Waals surface area contributed by atoms with Crippen LogP contribution in [-0.2, 0) is 16.3 Å². The average Bonchev–Trinajstić information content (AvgIpc) is 2.99. The molecule has 2 aromatic rings. The first-order valence-corrected chi connectivity index (χ1v) is 10.3. The quantitative estimate of drug-likeness (QED) is 0.562. The van der Waals surface area contributed by atoms with Gasteiger partial charge in [-0.05, 0) is 19.1 Å². The summed E-state index contributed by atoms with van der Waals surface area (Å²) >= 11 is 1.60. The molecule has 0 saturated carbocycles. The molecule has 1 aromatic heterocycles. The number of thiazole rings is 1. The Morgan fingerprint density at radius 2 is 2.00 bits per heavy atom. The Morgan fingerprint density at radius 3 is 2.64 bits per heavy atom. The number of hydrogen-bond acceptors (Lipinski definition) is 5. The fourth-order valence-electron chi connectivity index (χ4n) is 2.16. The highest BCUT2D eigenvalue weighted by Gasteiger charge is 2.18. The minimum Gasteiger partial charge on any atom is -0.356 e. The summed E-state index contributed by atoms with van der Waals surface area (Å²) in [6.45, 7) is 2.72. The van der Waals surface area contributed by atoms with Gasteiger partial charge in [0.15, 0.2) is 15.8 Å². The Morgan fingerprint density at radius 1 is 1.28 bits per heavy atom. The second-order valence-corrected chi connectivity index (χ2v) is 8.42. The first-order valence-electron chi connectivity index (χ1n) is 7.75.